The molecule has 2 aliphatic heterocycles. The van der Waals surface area contributed by atoms with Crippen molar-refractivity contribution in [2.45, 2.75) is 30.5 Å². The highest BCUT2D eigenvalue weighted by Crippen LogP contribution is 2.22. The molecule has 156 valence electrons. The number of aryl methyl sites for hydroxylation is 1. The number of hydrogen-bond donors (Lipinski definition) is 1. The molecule has 28 heavy (non-hydrogen) atoms. The van der Waals surface area contributed by atoms with E-state index in [9.17, 15) is 9.59 Å². The number of carbonyl (C=O) groups is 2. The van der Waals surface area contributed by atoms with E-state index in [1.807, 2.05) is 11.8 Å². The molecule has 3 rings (SSSR count). The lowest BCUT2D eigenvalue weighted by molar-refractivity contribution is -0.138. The van der Waals surface area contributed by atoms with Crippen molar-refractivity contribution in [1.29, 1.82) is 0 Å². The van der Waals surface area contributed by atoms with E-state index in [1.54, 1.807) is 23.1 Å². The molecule has 1 atom stereocenters. The van der Waals surface area contributed by atoms with Crippen molar-refractivity contribution in [3.05, 3.63) is 5.01 Å². The van der Waals surface area contributed by atoms with Gasteiger partial charge in [0.05, 0.1) is 19.1 Å². The summed E-state index contributed by atoms with van der Waals surface area (Å²) >= 11 is 3.27. The predicted octanol–water partition coefficient (Wildman–Crippen LogP) is 1.02. The molecule has 10 heteroatoms. The number of carbonyl (C=O) groups excluding carboxylic acids is 2. The van der Waals surface area contributed by atoms with Crippen LogP contribution >= 0.6 is 23.1 Å². The van der Waals surface area contributed by atoms with Crippen LogP contribution in [0.5, 0.6) is 0 Å². The maximum atomic E-state index is 12.5. The Balaban J connectivity index is 1.33. The molecule has 2 aliphatic rings. The smallest absolute Gasteiger partial charge is 0.224 e. The number of likely N-dealkylation sites (tertiary alicyclic amines) is 1. The van der Waals surface area contributed by atoms with Crippen molar-refractivity contribution in [2.24, 2.45) is 5.92 Å². The molecule has 2 saturated heterocycles. The molecule has 1 N–H and O–H groups in total. The average molecular weight is 428 g/mol. The minimum absolute atomic E-state index is 0.0700. The van der Waals surface area contributed by atoms with E-state index in [-0.39, 0.29) is 17.7 Å². The fourth-order valence-electron chi connectivity index (χ4n) is 3.36. The summed E-state index contributed by atoms with van der Waals surface area (Å²) in [6.07, 6.45) is 2.01. The van der Waals surface area contributed by atoms with Crippen LogP contribution in [0.4, 0.5) is 0 Å². The number of aromatic nitrogens is 2. The molecule has 0 aromatic carbocycles. The molecule has 0 radical (unpaired) electrons. The Kier molecular flexibility index (Phi) is 8.50. The highest BCUT2D eigenvalue weighted by molar-refractivity contribution is 8.01. The van der Waals surface area contributed by atoms with Gasteiger partial charge in [0.25, 0.3) is 0 Å². The first kappa shape index (κ1) is 21.5. The highest BCUT2D eigenvalue weighted by atomic mass is 32.2. The SMILES string of the molecule is Cc1nnc(SCCCNC(=O)[C@H]2CCC(=O)N(CCN3CCOCC3)C2)s1. The van der Waals surface area contributed by atoms with Crippen LogP contribution in [0.1, 0.15) is 24.3 Å². The van der Waals surface area contributed by atoms with Crippen molar-refractivity contribution in [2.75, 3.05) is 58.2 Å². The van der Waals surface area contributed by atoms with E-state index in [0.29, 0.717) is 32.5 Å². The topological polar surface area (TPSA) is 87.7 Å². The van der Waals surface area contributed by atoms with Crippen LogP contribution in [0.2, 0.25) is 0 Å². The summed E-state index contributed by atoms with van der Waals surface area (Å²) in [5.41, 5.74) is 0. The van der Waals surface area contributed by atoms with Crippen LogP contribution in [0.25, 0.3) is 0 Å². The van der Waals surface area contributed by atoms with Gasteiger partial charge in [0.15, 0.2) is 4.34 Å². The van der Waals surface area contributed by atoms with E-state index in [4.69, 9.17) is 4.74 Å². The Morgan fingerprint density at radius 2 is 2.14 bits per heavy atom. The number of nitrogens with zero attached hydrogens (tertiary/aromatic N) is 4. The van der Waals surface area contributed by atoms with Crippen LogP contribution in [0.15, 0.2) is 4.34 Å². The van der Waals surface area contributed by atoms with Gasteiger partial charge in [-0.15, -0.1) is 10.2 Å². The predicted molar refractivity (Wildman–Crippen MR) is 110 cm³/mol. The van der Waals surface area contributed by atoms with E-state index < -0.39 is 0 Å². The molecule has 3 heterocycles. The molecule has 0 unspecified atom stereocenters. The quantitative estimate of drug-likeness (QED) is 0.465. The monoisotopic (exact) mass is 427 g/mol. The first-order valence-electron chi connectivity index (χ1n) is 9.90. The normalized spacial score (nSPS) is 21.1. The zero-order valence-corrected chi connectivity index (χ0v) is 18.0. The average Bonchev–Trinajstić information content (AvgIpc) is 3.13. The van der Waals surface area contributed by atoms with Gasteiger partial charge in [-0.3, -0.25) is 14.5 Å². The first-order valence-corrected chi connectivity index (χ1v) is 11.7. The van der Waals surface area contributed by atoms with Gasteiger partial charge in [-0.05, 0) is 19.8 Å². The molecule has 8 nitrogen and oxygen atoms in total. The molecule has 1 aromatic rings. The first-order chi connectivity index (χ1) is 13.6. The lowest BCUT2D eigenvalue weighted by Gasteiger charge is -2.34. The molecule has 2 amide bonds. The summed E-state index contributed by atoms with van der Waals surface area (Å²) < 4.78 is 6.34. The highest BCUT2D eigenvalue weighted by Gasteiger charge is 2.30. The number of rotatable bonds is 9. The number of ether oxygens (including phenoxy) is 1. The fourth-order valence-corrected chi connectivity index (χ4v) is 5.18. The van der Waals surface area contributed by atoms with Crippen LogP contribution in [0, 0.1) is 12.8 Å². The van der Waals surface area contributed by atoms with Gasteiger partial charge in [-0.2, -0.15) is 0 Å². The fraction of sp³-hybridized carbons (Fsp3) is 0.778. The third kappa shape index (κ3) is 6.68. The molecule has 1 aromatic heterocycles. The zero-order valence-electron chi connectivity index (χ0n) is 16.4. The van der Waals surface area contributed by atoms with Crippen molar-refractivity contribution in [3.8, 4) is 0 Å². The largest absolute Gasteiger partial charge is 0.379 e. The Morgan fingerprint density at radius 3 is 2.89 bits per heavy atom. The number of piperidine rings is 1. The van der Waals surface area contributed by atoms with Crippen molar-refractivity contribution in [3.63, 3.8) is 0 Å². The molecular formula is C18H29N5O3S2. The Bertz CT molecular complexity index is 651. The number of nitrogens with one attached hydrogen (secondary N) is 1. The Labute approximate surface area is 174 Å². The van der Waals surface area contributed by atoms with E-state index in [2.05, 4.69) is 20.4 Å². The third-order valence-corrected chi connectivity index (χ3v) is 7.07. The molecule has 2 fully saturated rings. The van der Waals surface area contributed by atoms with E-state index >= 15 is 0 Å². The maximum absolute atomic E-state index is 12.5. The third-order valence-electron chi connectivity index (χ3n) is 5.01. The number of thioether (sulfide) groups is 1. The number of amides is 2. The molecule has 0 spiro atoms. The van der Waals surface area contributed by atoms with Crippen LogP contribution < -0.4 is 5.32 Å². The minimum Gasteiger partial charge on any atom is -0.379 e. The zero-order chi connectivity index (χ0) is 19.8. The second-order valence-electron chi connectivity index (χ2n) is 7.11. The second-order valence-corrected chi connectivity index (χ2v) is 9.63. The van der Waals surface area contributed by atoms with Gasteiger partial charge >= 0.3 is 0 Å². The summed E-state index contributed by atoms with van der Waals surface area (Å²) in [6, 6.07) is 0. The standard InChI is InChI=1S/C18H29N5O3S2/c1-14-20-21-18(28-14)27-12-2-5-19-17(25)15-3-4-16(24)23(13-15)7-6-22-8-10-26-11-9-22/h15H,2-13H2,1H3,(H,19,25)/t15-/m0/s1. The van der Waals surface area contributed by atoms with Gasteiger partial charge in [-0.1, -0.05) is 23.1 Å². The lowest BCUT2D eigenvalue weighted by Crippen LogP contribution is -2.49. The van der Waals surface area contributed by atoms with Gasteiger partial charge in [-0.25, -0.2) is 0 Å². The van der Waals surface area contributed by atoms with Crippen molar-refractivity contribution < 1.29 is 14.3 Å². The van der Waals surface area contributed by atoms with Gasteiger partial charge < -0.3 is 15.0 Å². The summed E-state index contributed by atoms with van der Waals surface area (Å²) in [7, 11) is 0. The second kappa shape index (κ2) is 11.1. The summed E-state index contributed by atoms with van der Waals surface area (Å²) in [6.45, 7) is 8.04. The molecule has 0 saturated carbocycles. The van der Waals surface area contributed by atoms with Crippen molar-refractivity contribution >= 4 is 34.9 Å². The summed E-state index contributed by atoms with van der Waals surface area (Å²) in [5.74, 6) is 1.05. The summed E-state index contributed by atoms with van der Waals surface area (Å²) in [4.78, 5) is 28.9. The van der Waals surface area contributed by atoms with Gasteiger partial charge in [0, 0.05) is 51.4 Å². The van der Waals surface area contributed by atoms with Gasteiger partial charge in [0.2, 0.25) is 11.8 Å². The Hall–Kier alpha value is -1.23. The van der Waals surface area contributed by atoms with Crippen molar-refractivity contribution in [1.82, 2.24) is 25.3 Å². The Morgan fingerprint density at radius 1 is 1.32 bits per heavy atom. The van der Waals surface area contributed by atoms with Gasteiger partial charge in [0.1, 0.15) is 5.01 Å². The number of morpholine rings is 1. The van der Waals surface area contributed by atoms with E-state index in [0.717, 1.165) is 54.4 Å². The maximum Gasteiger partial charge on any atom is 0.224 e. The molecule has 0 aliphatic carbocycles. The van der Waals surface area contributed by atoms with Crippen LogP contribution in [-0.2, 0) is 14.3 Å². The number of hydrogen-bond acceptors (Lipinski definition) is 8. The minimum atomic E-state index is -0.0964. The van der Waals surface area contributed by atoms with E-state index in [1.165, 1.54) is 0 Å². The summed E-state index contributed by atoms with van der Waals surface area (Å²) in [5, 5.41) is 12.1. The van der Waals surface area contributed by atoms with Crippen LogP contribution in [-0.4, -0.2) is 90.0 Å². The molecule has 0 bridgehead atoms. The lowest BCUT2D eigenvalue weighted by atomic mass is 9.96. The molecular weight excluding hydrogens is 398 g/mol. The van der Waals surface area contributed by atoms with Crippen LogP contribution in [0.3, 0.4) is 0 Å².